The van der Waals surface area contributed by atoms with Crippen LogP contribution in [-0.4, -0.2) is 37.3 Å². The highest BCUT2D eigenvalue weighted by Gasteiger charge is 2.28. The number of tetrazole rings is 1. The predicted molar refractivity (Wildman–Crippen MR) is 96.8 cm³/mol. The molecule has 3 N–H and O–H groups in total. The second kappa shape index (κ2) is 6.47. The number of aromatic hydroxyl groups is 1. The first-order valence-electron chi connectivity index (χ1n) is 8.40. The van der Waals surface area contributed by atoms with Gasteiger partial charge in [-0.15, -0.1) is 5.10 Å². The van der Waals surface area contributed by atoms with Gasteiger partial charge in [0.25, 0.3) is 0 Å². The Morgan fingerprint density at radius 3 is 3.00 bits per heavy atom. The first-order valence-corrected chi connectivity index (χ1v) is 8.40. The van der Waals surface area contributed by atoms with Gasteiger partial charge in [-0.3, -0.25) is 4.79 Å². The largest absolute Gasteiger partial charge is 0.508 e. The van der Waals surface area contributed by atoms with Crippen LogP contribution in [0.25, 0.3) is 11.4 Å². The minimum Gasteiger partial charge on any atom is -0.508 e. The van der Waals surface area contributed by atoms with Crippen LogP contribution in [0.15, 0.2) is 42.5 Å². The lowest BCUT2D eigenvalue weighted by Crippen LogP contribution is -2.32. The molecule has 1 unspecified atom stereocenters. The van der Waals surface area contributed by atoms with Crippen LogP contribution in [0.5, 0.6) is 5.75 Å². The molecule has 0 saturated heterocycles. The number of anilines is 2. The average molecular weight is 350 g/mol. The molecule has 26 heavy (non-hydrogen) atoms. The third-order valence-electron chi connectivity index (χ3n) is 4.43. The van der Waals surface area contributed by atoms with E-state index in [4.69, 9.17) is 0 Å². The zero-order chi connectivity index (χ0) is 18.1. The number of phenols is 1. The summed E-state index contributed by atoms with van der Waals surface area (Å²) in [5.74, 6) is 0.700. The molecule has 0 aliphatic carbocycles. The number of carbonyl (C=O) groups excluding carboxylic acids is 1. The third-order valence-corrected chi connectivity index (χ3v) is 4.43. The molecule has 4 rings (SSSR count). The second-order valence-electron chi connectivity index (χ2n) is 6.09. The number of hydrogen-bond acceptors (Lipinski definition) is 6. The maximum Gasteiger partial charge on any atom is 0.247 e. The first kappa shape index (κ1) is 16.1. The number of rotatable bonds is 4. The number of fused-ring (bicyclic) bond motifs is 1. The van der Waals surface area contributed by atoms with Crippen LogP contribution in [0, 0.1) is 0 Å². The number of phenolic OH excluding ortho intramolecular Hbond substituents is 1. The number of nitrogens with zero attached hydrogens (tertiary/aromatic N) is 4. The molecule has 1 aromatic heterocycles. The van der Waals surface area contributed by atoms with Gasteiger partial charge in [-0.1, -0.05) is 18.2 Å². The highest BCUT2D eigenvalue weighted by atomic mass is 16.3. The third kappa shape index (κ3) is 2.85. The van der Waals surface area contributed by atoms with Crippen molar-refractivity contribution >= 4 is 17.3 Å². The fourth-order valence-electron chi connectivity index (χ4n) is 3.12. The molecule has 2 aromatic carbocycles. The van der Waals surface area contributed by atoms with Gasteiger partial charge >= 0.3 is 0 Å². The summed E-state index contributed by atoms with van der Waals surface area (Å²) in [7, 11) is 0. The molecule has 8 heteroatoms. The van der Waals surface area contributed by atoms with Crippen molar-refractivity contribution in [3.05, 3.63) is 48.0 Å². The number of amides is 1. The standard InChI is InChI=1S/C18H18N6O2/c1-2-24-17(21-22-23-24)11-5-3-6-12(9-11)19-18(26)15-10-13-14(20-15)7-4-8-16(13)25/h3-9,15,20,25H,2,10H2,1H3,(H,19,26). The van der Waals surface area contributed by atoms with E-state index in [0.717, 1.165) is 16.8 Å². The van der Waals surface area contributed by atoms with Crippen LogP contribution in [0.1, 0.15) is 12.5 Å². The van der Waals surface area contributed by atoms with E-state index in [0.29, 0.717) is 24.5 Å². The molecule has 2 heterocycles. The number of hydrogen-bond donors (Lipinski definition) is 3. The fourth-order valence-corrected chi connectivity index (χ4v) is 3.12. The number of aryl methyl sites for hydroxylation is 1. The summed E-state index contributed by atoms with van der Waals surface area (Å²) in [6.07, 6.45) is 0.446. The molecule has 0 fully saturated rings. The van der Waals surface area contributed by atoms with Crippen LogP contribution in [-0.2, 0) is 17.8 Å². The summed E-state index contributed by atoms with van der Waals surface area (Å²) in [6.45, 7) is 2.62. The van der Waals surface area contributed by atoms with Crippen molar-refractivity contribution in [1.29, 1.82) is 0 Å². The zero-order valence-electron chi connectivity index (χ0n) is 14.2. The molecule has 1 aliphatic heterocycles. The average Bonchev–Trinajstić information content (AvgIpc) is 3.29. The van der Waals surface area contributed by atoms with Gasteiger partial charge in [0.15, 0.2) is 5.82 Å². The lowest BCUT2D eigenvalue weighted by molar-refractivity contribution is -0.116. The Kier molecular flexibility index (Phi) is 4.00. The Hall–Kier alpha value is -3.42. The van der Waals surface area contributed by atoms with Gasteiger partial charge in [-0.25, -0.2) is 4.68 Å². The Balaban J connectivity index is 1.51. The van der Waals surface area contributed by atoms with Crippen LogP contribution in [0.3, 0.4) is 0 Å². The summed E-state index contributed by atoms with van der Waals surface area (Å²) in [5, 5.41) is 27.7. The Labute approximate surface area is 149 Å². The Bertz CT molecular complexity index is 968. The van der Waals surface area contributed by atoms with Crippen molar-refractivity contribution in [3.8, 4) is 17.1 Å². The van der Waals surface area contributed by atoms with E-state index in [1.165, 1.54) is 0 Å². The van der Waals surface area contributed by atoms with Crippen molar-refractivity contribution in [2.24, 2.45) is 0 Å². The van der Waals surface area contributed by atoms with E-state index in [1.54, 1.807) is 16.8 Å². The number of nitrogens with one attached hydrogen (secondary N) is 2. The Morgan fingerprint density at radius 2 is 2.19 bits per heavy atom. The molecular weight excluding hydrogens is 332 g/mol. The van der Waals surface area contributed by atoms with Crippen molar-refractivity contribution in [3.63, 3.8) is 0 Å². The van der Waals surface area contributed by atoms with Crippen molar-refractivity contribution in [1.82, 2.24) is 20.2 Å². The van der Waals surface area contributed by atoms with E-state index in [9.17, 15) is 9.90 Å². The SMILES string of the molecule is CCn1nnnc1-c1cccc(NC(=O)C2Cc3c(O)cccc3N2)c1. The van der Waals surface area contributed by atoms with Crippen LogP contribution in [0.2, 0.25) is 0 Å². The second-order valence-corrected chi connectivity index (χ2v) is 6.09. The molecule has 1 aliphatic rings. The quantitative estimate of drug-likeness (QED) is 0.665. The molecule has 1 atom stereocenters. The smallest absolute Gasteiger partial charge is 0.247 e. The first-order chi connectivity index (χ1) is 12.7. The van der Waals surface area contributed by atoms with Crippen LogP contribution < -0.4 is 10.6 Å². The predicted octanol–water partition coefficient (Wildman–Crippen LogP) is 2.04. The summed E-state index contributed by atoms with van der Waals surface area (Å²) >= 11 is 0. The summed E-state index contributed by atoms with van der Waals surface area (Å²) in [6, 6.07) is 12.2. The molecule has 0 radical (unpaired) electrons. The molecule has 3 aromatic rings. The lowest BCUT2D eigenvalue weighted by Gasteiger charge is -2.12. The summed E-state index contributed by atoms with van der Waals surface area (Å²) < 4.78 is 1.69. The molecule has 0 spiro atoms. The maximum atomic E-state index is 12.6. The molecule has 132 valence electrons. The molecule has 1 amide bonds. The number of aromatic nitrogens is 4. The van der Waals surface area contributed by atoms with Crippen LogP contribution in [0.4, 0.5) is 11.4 Å². The van der Waals surface area contributed by atoms with Crippen molar-refractivity contribution < 1.29 is 9.90 Å². The van der Waals surface area contributed by atoms with Gasteiger partial charge in [0, 0.05) is 35.5 Å². The summed E-state index contributed by atoms with van der Waals surface area (Å²) in [4.78, 5) is 12.6. The summed E-state index contributed by atoms with van der Waals surface area (Å²) in [5.41, 5.74) is 3.06. The topological polar surface area (TPSA) is 105 Å². The van der Waals surface area contributed by atoms with E-state index in [2.05, 4.69) is 26.2 Å². The fraction of sp³-hybridized carbons (Fsp3) is 0.222. The van der Waals surface area contributed by atoms with Crippen molar-refractivity contribution in [2.75, 3.05) is 10.6 Å². The van der Waals surface area contributed by atoms with E-state index >= 15 is 0 Å². The van der Waals surface area contributed by atoms with Gasteiger partial charge in [0.05, 0.1) is 0 Å². The minimum absolute atomic E-state index is 0.159. The minimum atomic E-state index is -0.428. The molecular formula is C18H18N6O2. The van der Waals surface area contributed by atoms with E-state index < -0.39 is 6.04 Å². The van der Waals surface area contributed by atoms with Crippen LogP contribution >= 0.6 is 0 Å². The number of carbonyl (C=O) groups is 1. The zero-order valence-corrected chi connectivity index (χ0v) is 14.2. The van der Waals surface area contributed by atoms with Gasteiger partial charge < -0.3 is 15.7 Å². The molecule has 8 nitrogen and oxygen atoms in total. The van der Waals surface area contributed by atoms with E-state index in [-0.39, 0.29) is 11.7 Å². The van der Waals surface area contributed by atoms with Gasteiger partial charge in [0.1, 0.15) is 11.8 Å². The number of benzene rings is 2. The highest BCUT2D eigenvalue weighted by molar-refractivity contribution is 5.98. The lowest BCUT2D eigenvalue weighted by atomic mass is 10.1. The monoisotopic (exact) mass is 350 g/mol. The highest BCUT2D eigenvalue weighted by Crippen LogP contribution is 2.33. The van der Waals surface area contributed by atoms with Gasteiger partial charge in [0.2, 0.25) is 5.91 Å². The maximum absolute atomic E-state index is 12.6. The Morgan fingerprint density at radius 1 is 1.35 bits per heavy atom. The molecule has 0 bridgehead atoms. The molecule has 0 saturated carbocycles. The van der Waals surface area contributed by atoms with E-state index in [1.807, 2.05) is 37.3 Å². The normalized spacial score (nSPS) is 15.3. The van der Waals surface area contributed by atoms with Gasteiger partial charge in [-0.2, -0.15) is 0 Å². The van der Waals surface area contributed by atoms with Gasteiger partial charge in [-0.05, 0) is 41.6 Å². The van der Waals surface area contributed by atoms with Crippen molar-refractivity contribution in [2.45, 2.75) is 25.9 Å².